The van der Waals surface area contributed by atoms with Crippen molar-refractivity contribution in [2.75, 3.05) is 11.9 Å². The molecule has 96 valence electrons. The van der Waals surface area contributed by atoms with Crippen LogP contribution in [0.4, 0.5) is 5.69 Å². The Morgan fingerprint density at radius 1 is 1.28 bits per heavy atom. The van der Waals surface area contributed by atoms with Crippen molar-refractivity contribution < 1.29 is 14.3 Å². The maximum atomic E-state index is 11.4. The molecule has 1 amide bonds. The second-order valence-corrected chi connectivity index (χ2v) is 4.19. The second-order valence-electron chi connectivity index (χ2n) is 3.31. The number of ether oxygens (including phenoxy) is 1. The molecule has 0 heterocycles. The molecule has 0 aliphatic rings. The average molecular weight is 288 g/mol. The highest BCUT2D eigenvalue weighted by molar-refractivity contribution is 6.35. The quantitative estimate of drug-likeness (QED) is 0.684. The smallest absolute Gasteiger partial charge is 0.330 e. The van der Waals surface area contributed by atoms with Crippen LogP contribution in [0.5, 0.6) is 0 Å². The largest absolute Gasteiger partial charge is 0.452 e. The van der Waals surface area contributed by atoms with Gasteiger partial charge in [-0.1, -0.05) is 29.3 Å². The van der Waals surface area contributed by atoms with Crippen LogP contribution < -0.4 is 5.32 Å². The van der Waals surface area contributed by atoms with Gasteiger partial charge in [-0.15, -0.1) is 0 Å². The van der Waals surface area contributed by atoms with Gasteiger partial charge in [0.25, 0.3) is 5.91 Å². The van der Waals surface area contributed by atoms with E-state index in [4.69, 9.17) is 23.2 Å². The van der Waals surface area contributed by atoms with Crippen molar-refractivity contribution in [2.45, 2.75) is 6.92 Å². The number of halogens is 2. The predicted octanol–water partition coefficient (Wildman–Crippen LogP) is 3.05. The molecule has 0 atom stereocenters. The van der Waals surface area contributed by atoms with E-state index in [9.17, 15) is 9.59 Å². The molecule has 1 rings (SSSR count). The molecule has 0 bridgehead atoms. The van der Waals surface area contributed by atoms with Crippen molar-refractivity contribution in [1.82, 2.24) is 0 Å². The molecule has 0 fully saturated rings. The number of anilines is 1. The monoisotopic (exact) mass is 287 g/mol. The third kappa shape index (κ3) is 5.21. The fourth-order valence-corrected chi connectivity index (χ4v) is 1.67. The third-order valence-electron chi connectivity index (χ3n) is 1.79. The van der Waals surface area contributed by atoms with Crippen LogP contribution in [-0.2, 0) is 14.3 Å². The van der Waals surface area contributed by atoms with E-state index in [1.807, 2.05) is 0 Å². The van der Waals surface area contributed by atoms with Crippen molar-refractivity contribution in [2.24, 2.45) is 0 Å². The molecule has 0 radical (unpaired) electrons. The summed E-state index contributed by atoms with van der Waals surface area (Å²) in [6.07, 6.45) is 2.75. The van der Waals surface area contributed by atoms with Gasteiger partial charge < -0.3 is 10.1 Å². The van der Waals surface area contributed by atoms with E-state index in [-0.39, 0.29) is 6.61 Å². The van der Waals surface area contributed by atoms with E-state index in [1.54, 1.807) is 25.1 Å². The van der Waals surface area contributed by atoms with E-state index < -0.39 is 11.9 Å². The highest BCUT2D eigenvalue weighted by Gasteiger charge is 2.06. The van der Waals surface area contributed by atoms with Crippen LogP contribution in [0.2, 0.25) is 10.0 Å². The zero-order valence-corrected chi connectivity index (χ0v) is 11.1. The summed E-state index contributed by atoms with van der Waals surface area (Å²) < 4.78 is 4.67. The summed E-state index contributed by atoms with van der Waals surface area (Å²) >= 11 is 11.5. The molecule has 6 heteroatoms. The number of rotatable bonds is 4. The molecular weight excluding hydrogens is 277 g/mol. The molecule has 0 unspecified atom stereocenters. The highest BCUT2D eigenvalue weighted by atomic mass is 35.5. The van der Waals surface area contributed by atoms with Crippen LogP contribution >= 0.6 is 23.2 Å². The number of carbonyl (C=O) groups is 2. The van der Waals surface area contributed by atoms with Crippen LogP contribution in [0.15, 0.2) is 30.4 Å². The molecule has 18 heavy (non-hydrogen) atoms. The van der Waals surface area contributed by atoms with Crippen molar-refractivity contribution >= 4 is 40.8 Å². The molecule has 4 nitrogen and oxygen atoms in total. The van der Waals surface area contributed by atoms with E-state index in [0.717, 1.165) is 0 Å². The maximum Gasteiger partial charge on any atom is 0.330 e. The van der Waals surface area contributed by atoms with Gasteiger partial charge >= 0.3 is 5.97 Å². The Balaban J connectivity index is 2.52. The lowest BCUT2D eigenvalue weighted by molar-refractivity contribution is -0.142. The average Bonchev–Trinajstić information content (AvgIpc) is 2.25. The van der Waals surface area contributed by atoms with Gasteiger partial charge in [0.05, 0.1) is 0 Å². The minimum Gasteiger partial charge on any atom is -0.452 e. The van der Waals surface area contributed by atoms with E-state index >= 15 is 0 Å². The van der Waals surface area contributed by atoms with Crippen LogP contribution in [0.25, 0.3) is 0 Å². The van der Waals surface area contributed by atoms with Crippen molar-refractivity contribution in [1.29, 1.82) is 0 Å². The van der Waals surface area contributed by atoms with Gasteiger partial charge in [-0.05, 0) is 25.1 Å². The summed E-state index contributed by atoms with van der Waals surface area (Å²) in [5, 5.41) is 3.32. The molecule has 0 spiro atoms. The van der Waals surface area contributed by atoms with E-state index in [0.29, 0.717) is 15.7 Å². The van der Waals surface area contributed by atoms with Gasteiger partial charge in [-0.2, -0.15) is 0 Å². The lowest BCUT2D eigenvalue weighted by Crippen LogP contribution is -2.20. The van der Waals surface area contributed by atoms with Crippen molar-refractivity contribution in [3.63, 3.8) is 0 Å². The fraction of sp³-hybridized carbons (Fsp3) is 0.167. The number of nitrogens with one attached hydrogen (secondary N) is 1. The topological polar surface area (TPSA) is 55.4 Å². The van der Waals surface area contributed by atoms with Crippen LogP contribution in [-0.4, -0.2) is 18.5 Å². The molecular formula is C12H11Cl2NO3. The lowest BCUT2D eigenvalue weighted by Gasteiger charge is -2.06. The number of amides is 1. The van der Waals surface area contributed by atoms with Gasteiger partial charge in [-0.3, -0.25) is 4.79 Å². The summed E-state index contributed by atoms with van der Waals surface area (Å²) in [6.45, 7) is 1.31. The number of hydrogen-bond donors (Lipinski definition) is 1. The Labute approximate surface area is 115 Å². The summed E-state index contributed by atoms with van der Waals surface area (Å²) in [4.78, 5) is 22.4. The third-order valence-corrected chi connectivity index (χ3v) is 2.23. The maximum absolute atomic E-state index is 11.4. The number of esters is 1. The molecule has 0 saturated carbocycles. The second kappa shape index (κ2) is 7.03. The first-order chi connectivity index (χ1) is 8.51. The van der Waals surface area contributed by atoms with Gasteiger partial charge in [0.15, 0.2) is 6.61 Å². The molecule has 0 saturated heterocycles. The minimum absolute atomic E-state index is 0.368. The first kappa shape index (κ1) is 14.5. The van der Waals surface area contributed by atoms with Gasteiger partial charge in [-0.25, -0.2) is 4.79 Å². The number of benzene rings is 1. The Morgan fingerprint density at radius 2 is 1.89 bits per heavy atom. The molecule has 0 aliphatic heterocycles. The van der Waals surface area contributed by atoms with Crippen LogP contribution in [0.3, 0.4) is 0 Å². The van der Waals surface area contributed by atoms with E-state index in [1.165, 1.54) is 12.2 Å². The van der Waals surface area contributed by atoms with Gasteiger partial charge in [0.1, 0.15) is 0 Å². The SMILES string of the molecule is C/C=C/C(=O)OCC(=O)Nc1cc(Cl)cc(Cl)c1. The lowest BCUT2D eigenvalue weighted by atomic mass is 10.3. The zero-order chi connectivity index (χ0) is 13.5. The van der Waals surface area contributed by atoms with Gasteiger partial charge in [0.2, 0.25) is 0 Å². The van der Waals surface area contributed by atoms with Crippen LogP contribution in [0, 0.1) is 0 Å². The Kier molecular flexibility index (Phi) is 5.68. The van der Waals surface area contributed by atoms with Crippen molar-refractivity contribution in [3.05, 3.63) is 40.4 Å². The molecule has 1 aromatic rings. The molecule has 0 aliphatic carbocycles. The summed E-state index contributed by atoms with van der Waals surface area (Å²) in [6, 6.07) is 4.63. The Morgan fingerprint density at radius 3 is 2.44 bits per heavy atom. The zero-order valence-electron chi connectivity index (χ0n) is 9.57. The normalized spacial score (nSPS) is 10.4. The first-order valence-electron chi connectivity index (χ1n) is 5.06. The standard InChI is InChI=1S/C12H11Cl2NO3/c1-2-3-12(17)18-7-11(16)15-10-5-8(13)4-9(14)6-10/h2-6H,7H2,1H3,(H,15,16)/b3-2+. The predicted molar refractivity (Wildman–Crippen MR) is 70.9 cm³/mol. The van der Waals surface area contributed by atoms with Gasteiger partial charge in [0, 0.05) is 21.8 Å². The Bertz CT molecular complexity index is 466. The minimum atomic E-state index is -0.572. The molecule has 1 aromatic carbocycles. The molecule has 0 aromatic heterocycles. The fourth-order valence-electron chi connectivity index (χ4n) is 1.14. The number of carbonyl (C=O) groups excluding carboxylic acids is 2. The summed E-state index contributed by atoms with van der Waals surface area (Å²) in [7, 11) is 0. The Hall–Kier alpha value is -1.52. The van der Waals surface area contributed by atoms with Crippen LogP contribution in [0.1, 0.15) is 6.92 Å². The summed E-state index contributed by atoms with van der Waals surface area (Å²) in [5.74, 6) is -1.04. The molecule has 1 N–H and O–H groups in total. The summed E-state index contributed by atoms with van der Waals surface area (Å²) in [5.41, 5.74) is 0.444. The highest BCUT2D eigenvalue weighted by Crippen LogP contribution is 2.22. The number of allylic oxidation sites excluding steroid dienone is 1. The number of hydrogen-bond acceptors (Lipinski definition) is 3. The first-order valence-corrected chi connectivity index (χ1v) is 5.82. The van der Waals surface area contributed by atoms with Crippen molar-refractivity contribution in [3.8, 4) is 0 Å². The van der Waals surface area contributed by atoms with E-state index in [2.05, 4.69) is 10.1 Å².